The second-order valence-corrected chi connectivity index (χ2v) is 5.97. The molecule has 2 aliphatic heterocycles. The minimum absolute atomic E-state index is 0.163. The molecule has 4 rings (SSSR count). The molecule has 6 heteroatoms. The highest BCUT2D eigenvalue weighted by molar-refractivity contribution is 5.80. The van der Waals surface area contributed by atoms with E-state index in [9.17, 15) is 4.79 Å². The Hall–Kier alpha value is -2.08. The molecule has 3 heterocycles. The summed E-state index contributed by atoms with van der Waals surface area (Å²) >= 11 is 0. The summed E-state index contributed by atoms with van der Waals surface area (Å²) in [5, 5.41) is 3.26. The standard InChI is InChI=1S/C16H20N4O2/c21-15(12-5-6-17-11-12)19-7-9-20(10-8-19)16-18-13-3-1-2-4-14(13)22-16/h1-4,12,17H,5-11H2. The van der Waals surface area contributed by atoms with E-state index >= 15 is 0 Å². The largest absolute Gasteiger partial charge is 0.423 e. The molecule has 1 atom stereocenters. The summed E-state index contributed by atoms with van der Waals surface area (Å²) in [7, 11) is 0. The average Bonchev–Trinajstić information content (AvgIpc) is 3.23. The van der Waals surface area contributed by atoms with Crippen molar-refractivity contribution < 1.29 is 9.21 Å². The number of amides is 1. The fourth-order valence-corrected chi connectivity index (χ4v) is 3.24. The fraction of sp³-hybridized carbons (Fsp3) is 0.500. The number of aromatic nitrogens is 1. The van der Waals surface area contributed by atoms with Crippen molar-refractivity contribution in [1.82, 2.24) is 15.2 Å². The van der Waals surface area contributed by atoms with Crippen molar-refractivity contribution in [1.29, 1.82) is 0 Å². The molecule has 2 fully saturated rings. The fourth-order valence-electron chi connectivity index (χ4n) is 3.24. The van der Waals surface area contributed by atoms with Crippen molar-refractivity contribution in [3.05, 3.63) is 24.3 Å². The van der Waals surface area contributed by atoms with Crippen LogP contribution in [0.1, 0.15) is 6.42 Å². The Balaban J connectivity index is 1.41. The van der Waals surface area contributed by atoms with Crippen molar-refractivity contribution in [2.75, 3.05) is 44.2 Å². The quantitative estimate of drug-likeness (QED) is 0.899. The van der Waals surface area contributed by atoms with Gasteiger partial charge in [0.05, 0.1) is 5.92 Å². The number of nitrogens with one attached hydrogen (secondary N) is 1. The van der Waals surface area contributed by atoms with Gasteiger partial charge in [0, 0.05) is 32.7 Å². The zero-order valence-electron chi connectivity index (χ0n) is 12.5. The van der Waals surface area contributed by atoms with Crippen LogP contribution in [0.4, 0.5) is 6.01 Å². The number of para-hydroxylation sites is 2. The first-order chi connectivity index (χ1) is 10.8. The molecule has 2 aliphatic rings. The maximum atomic E-state index is 12.4. The zero-order chi connectivity index (χ0) is 14.9. The molecule has 2 aromatic rings. The number of piperazine rings is 1. The summed E-state index contributed by atoms with van der Waals surface area (Å²) in [6.07, 6.45) is 0.962. The molecule has 6 nitrogen and oxygen atoms in total. The lowest BCUT2D eigenvalue weighted by atomic mass is 10.1. The van der Waals surface area contributed by atoms with Gasteiger partial charge in [-0.05, 0) is 25.1 Å². The molecule has 0 spiro atoms. The maximum absolute atomic E-state index is 12.4. The van der Waals surface area contributed by atoms with Crippen molar-refractivity contribution >= 4 is 23.0 Å². The third-order valence-corrected chi connectivity index (χ3v) is 4.55. The van der Waals surface area contributed by atoms with E-state index in [1.807, 2.05) is 29.2 Å². The second kappa shape index (κ2) is 5.61. The molecule has 1 aromatic heterocycles. The first-order valence-electron chi connectivity index (χ1n) is 7.91. The number of benzene rings is 1. The molecule has 2 saturated heterocycles. The van der Waals surface area contributed by atoms with Gasteiger partial charge in [0.1, 0.15) is 5.52 Å². The van der Waals surface area contributed by atoms with Crippen LogP contribution in [0, 0.1) is 5.92 Å². The van der Waals surface area contributed by atoms with E-state index in [1.165, 1.54) is 0 Å². The van der Waals surface area contributed by atoms with Crippen LogP contribution in [-0.4, -0.2) is 55.1 Å². The van der Waals surface area contributed by atoms with Crippen LogP contribution in [0.2, 0.25) is 0 Å². The zero-order valence-corrected chi connectivity index (χ0v) is 12.5. The van der Waals surface area contributed by atoms with Gasteiger partial charge >= 0.3 is 0 Å². The van der Waals surface area contributed by atoms with E-state index in [-0.39, 0.29) is 5.92 Å². The van der Waals surface area contributed by atoms with Gasteiger partial charge in [0.15, 0.2) is 5.58 Å². The molecule has 1 amide bonds. The Labute approximate surface area is 129 Å². The topological polar surface area (TPSA) is 61.6 Å². The average molecular weight is 300 g/mol. The number of carbonyl (C=O) groups is 1. The van der Waals surface area contributed by atoms with Crippen LogP contribution in [-0.2, 0) is 4.79 Å². The van der Waals surface area contributed by atoms with Crippen LogP contribution < -0.4 is 10.2 Å². The highest BCUT2D eigenvalue weighted by atomic mass is 16.4. The molecule has 116 valence electrons. The highest BCUT2D eigenvalue weighted by Gasteiger charge is 2.30. The summed E-state index contributed by atoms with van der Waals surface area (Å²) in [5.41, 5.74) is 1.70. The minimum atomic E-state index is 0.163. The predicted molar refractivity (Wildman–Crippen MR) is 83.8 cm³/mol. The van der Waals surface area contributed by atoms with Gasteiger partial charge in [-0.25, -0.2) is 0 Å². The molecular weight excluding hydrogens is 280 g/mol. The molecule has 1 unspecified atom stereocenters. The summed E-state index contributed by atoms with van der Waals surface area (Å²) in [4.78, 5) is 21.0. The van der Waals surface area contributed by atoms with Gasteiger partial charge in [0.25, 0.3) is 6.01 Å². The monoisotopic (exact) mass is 300 g/mol. The molecule has 22 heavy (non-hydrogen) atoms. The number of nitrogens with zero attached hydrogens (tertiary/aromatic N) is 3. The van der Waals surface area contributed by atoms with Crippen molar-refractivity contribution in [2.24, 2.45) is 5.92 Å². The Bertz CT molecular complexity index is 637. The predicted octanol–water partition coefficient (Wildman–Crippen LogP) is 1.09. The molecule has 0 aliphatic carbocycles. The van der Waals surface area contributed by atoms with Gasteiger partial charge in [0.2, 0.25) is 5.91 Å². The minimum Gasteiger partial charge on any atom is -0.423 e. The Morgan fingerprint density at radius 1 is 1.23 bits per heavy atom. The Morgan fingerprint density at radius 2 is 2.05 bits per heavy atom. The Kier molecular flexibility index (Phi) is 3.46. The molecule has 0 radical (unpaired) electrons. The Morgan fingerprint density at radius 3 is 2.77 bits per heavy atom. The van der Waals surface area contributed by atoms with E-state index in [4.69, 9.17) is 4.42 Å². The van der Waals surface area contributed by atoms with E-state index in [0.29, 0.717) is 11.9 Å². The van der Waals surface area contributed by atoms with Crippen molar-refractivity contribution in [3.8, 4) is 0 Å². The lowest BCUT2D eigenvalue weighted by Gasteiger charge is -2.35. The van der Waals surface area contributed by atoms with E-state index in [1.54, 1.807) is 0 Å². The van der Waals surface area contributed by atoms with E-state index in [2.05, 4.69) is 15.2 Å². The molecule has 1 N–H and O–H groups in total. The van der Waals surface area contributed by atoms with Gasteiger partial charge in [-0.15, -0.1) is 0 Å². The van der Waals surface area contributed by atoms with Crippen LogP contribution in [0.3, 0.4) is 0 Å². The first-order valence-corrected chi connectivity index (χ1v) is 7.91. The molecule has 0 bridgehead atoms. The molecule has 0 saturated carbocycles. The van der Waals surface area contributed by atoms with Crippen LogP contribution in [0.25, 0.3) is 11.1 Å². The smallest absolute Gasteiger partial charge is 0.298 e. The van der Waals surface area contributed by atoms with E-state index < -0.39 is 0 Å². The third-order valence-electron chi connectivity index (χ3n) is 4.55. The normalized spacial score (nSPS) is 22.5. The van der Waals surface area contributed by atoms with Crippen molar-refractivity contribution in [2.45, 2.75) is 6.42 Å². The molecular formula is C16H20N4O2. The molecule has 1 aromatic carbocycles. The first kappa shape index (κ1) is 13.6. The summed E-state index contributed by atoms with van der Waals surface area (Å²) in [5.74, 6) is 0.457. The maximum Gasteiger partial charge on any atom is 0.298 e. The lowest BCUT2D eigenvalue weighted by molar-refractivity contribution is -0.135. The number of oxazole rings is 1. The van der Waals surface area contributed by atoms with Crippen molar-refractivity contribution in [3.63, 3.8) is 0 Å². The van der Waals surface area contributed by atoms with Gasteiger partial charge in [-0.2, -0.15) is 4.98 Å². The van der Waals surface area contributed by atoms with Crippen LogP contribution in [0.15, 0.2) is 28.7 Å². The SMILES string of the molecule is O=C(C1CCNC1)N1CCN(c2nc3ccccc3o2)CC1. The summed E-state index contributed by atoms with van der Waals surface area (Å²) in [6.45, 7) is 4.82. The van der Waals surface area contributed by atoms with Gasteiger partial charge in [-0.3, -0.25) is 4.79 Å². The number of hydrogen-bond donors (Lipinski definition) is 1. The van der Waals surface area contributed by atoms with Crippen LogP contribution in [0.5, 0.6) is 0 Å². The number of rotatable bonds is 2. The van der Waals surface area contributed by atoms with Gasteiger partial charge in [-0.1, -0.05) is 12.1 Å². The number of carbonyl (C=O) groups excluding carboxylic acids is 1. The summed E-state index contributed by atoms with van der Waals surface area (Å²) in [6, 6.07) is 8.45. The van der Waals surface area contributed by atoms with E-state index in [0.717, 1.165) is 56.8 Å². The van der Waals surface area contributed by atoms with Gasteiger partial charge < -0.3 is 19.5 Å². The highest BCUT2D eigenvalue weighted by Crippen LogP contribution is 2.23. The number of hydrogen-bond acceptors (Lipinski definition) is 5. The summed E-state index contributed by atoms with van der Waals surface area (Å²) < 4.78 is 5.80. The number of anilines is 1. The van der Waals surface area contributed by atoms with Crippen LogP contribution >= 0.6 is 0 Å². The number of fused-ring (bicyclic) bond motifs is 1. The second-order valence-electron chi connectivity index (χ2n) is 5.97. The third kappa shape index (κ3) is 2.43. The lowest BCUT2D eigenvalue weighted by Crippen LogP contribution is -2.50.